The zero-order valence-corrected chi connectivity index (χ0v) is 4.90. The maximum absolute atomic E-state index is 4.91. The van der Waals surface area contributed by atoms with Crippen LogP contribution in [-0.2, 0) is 0 Å². The van der Waals surface area contributed by atoms with Crippen LogP contribution in [0.3, 0.4) is 0 Å². The molecule has 0 aliphatic carbocycles. The lowest BCUT2D eigenvalue weighted by Gasteiger charge is -1.62. The molecular weight excluding hydrogens is 134 g/mol. The fourth-order valence-electron chi connectivity index (χ4n) is 0. The quantitative estimate of drug-likeness (QED) is 0.353. The maximum atomic E-state index is 4.91. The van der Waals surface area contributed by atoms with Crippen molar-refractivity contribution < 1.29 is 1.43 Å². The van der Waals surface area contributed by atoms with Crippen molar-refractivity contribution >= 4 is 40.0 Å². The van der Waals surface area contributed by atoms with E-state index in [1.54, 1.807) is 0 Å². The third kappa shape index (κ3) is 11.4. The molecule has 0 aliphatic rings. The predicted molar refractivity (Wildman–Crippen MR) is 25.4 cm³/mol. The Morgan fingerprint density at radius 2 is 1.25 bits per heavy atom. The van der Waals surface area contributed by atoms with E-state index in [-0.39, 0.29) is 1.43 Å². The molecule has 0 aromatic heterocycles. The molecule has 0 nitrogen and oxygen atoms in total. The topological polar surface area (TPSA) is 0 Å². The van der Waals surface area contributed by atoms with E-state index in [2.05, 4.69) is 0 Å². The SMILES string of the molecule is Cl[Si](Cl)Cl.[HH]. The lowest BCUT2D eigenvalue weighted by atomic mass is 27.7. The van der Waals surface area contributed by atoms with Crippen LogP contribution in [0.15, 0.2) is 0 Å². The molecule has 0 atom stereocenters. The molecule has 0 aromatic carbocycles. The van der Waals surface area contributed by atoms with E-state index < -0.39 is 6.73 Å². The number of hydrogen-bond acceptors (Lipinski definition) is 0. The molecular formula is H2Cl3Si. The van der Waals surface area contributed by atoms with Crippen LogP contribution in [-0.4, -0.2) is 6.73 Å². The molecule has 0 aliphatic heterocycles. The fourth-order valence-corrected chi connectivity index (χ4v) is 0. The van der Waals surface area contributed by atoms with Gasteiger partial charge in [0.2, 0.25) is 0 Å². The Labute approximate surface area is 41.9 Å². The van der Waals surface area contributed by atoms with Gasteiger partial charge in [0.25, 0.3) is 0 Å². The zero-order valence-electron chi connectivity index (χ0n) is 1.63. The monoisotopic (exact) mass is 135 g/mol. The molecule has 4 heteroatoms. The minimum absolute atomic E-state index is 0. The minimum atomic E-state index is -1.46. The van der Waals surface area contributed by atoms with Crippen molar-refractivity contribution in [2.24, 2.45) is 0 Å². The van der Waals surface area contributed by atoms with Gasteiger partial charge in [-0.15, -0.1) is 33.2 Å². The summed E-state index contributed by atoms with van der Waals surface area (Å²) in [4.78, 5) is 0. The number of halogens is 3. The Balaban J connectivity index is 0. The average Bonchev–Trinajstić information content (AvgIpc) is 0.811. The Kier molecular flexibility index (Phi) is 2.97. The van der Waals surface area contributed by atoms with Gasteiger partial charge >= 0.3 is 6.73 Å². The third-order valence-electron chi connectivity index (χ3n) is 0. The standard InChI is InChI=1S/Cl3Si.H2/c1-4(2)3;/h;1H. The first kappa shape index (κ1) is 5.09. The smallest absolute Gasteiger partial charge is 0.125 e. The number of hydrogen-bond donors (Lipinski definition) is 0. The third-order valence-corrected chi connectivity index (χ3v) is 0. The van der Waals surface area contributed by atoms with E-state index >= 15 is 0 Å². The lowest BCUT2D eigenvalue weighted by Crippen LogP contribution is -1.66. The highest BCUT2D eigenvalue weighted by Gasteiger charge is 1.88. The van der Waals surface area contributed by atoms with E-state index in [0.717, 1.165) is 0 Å². The molecule has 0 fully saturated rings. The van der Waals surface area contributed by atoms with E-state index in [1.165, 1.54) is 0 Å². The second-order valence-corrected chi connectivity index (χ2v) is 5.79. The summed E-state index contributed by atoms with van der Waals surface area (Å²) in [6.45, 7) is -1.46. The van der Waals surface area contributed by atoms with Crippen molar-refractivity contribution in [2.45, 2.75) is 0 Å². The maximum Gasteiger partial charge on any atom is 0.376 e. The first-order chi connectivity index (χ1) is 1.73. The molecule has 0 rings (SSSR count). The number of rotatable bonds is 0. The molecule has 0 saturated heterocycles. The van der Waals surface area contributed by atoms with Crippen LogP contribution in [0.1, 0.15) is 1.43 Å². The molecule has 0 bridgehead atoms. The molecule has 0 saturated carbocycles. The first-order valence-corrected chi connectivity index (χ1v) is 5.10. The second kappa shape index (κ2) is 2.33. The van der Waals surface area contributed by atoms with Crippen LogP contribution >= 0.6 is 33.2 Å². The van der Waals surface area contributed by atoms with Crippen molar-refractivity contribution in [1.82, 2.24) is 0 Å². The van der Waals surface area contributed by atoms with Gasteiger partial charge in [-0.2, -0.15) is 0 Å². The summed E-state index contributed by atoms with van der Waals surface area (Å²) in [5.74, 6) is 0. The van der Waals surface area contributed by atoms with Crippen molar-refractivity contribution in [3.63, 3.8) is 0 Å². The van der Waals surface area contributed by atoms with Crippen LogP contribution in [0.5, 0.6) is 0 Å². The fraction of sp³-hybridized carbons (Fsp3) is 0. The Bertz CT molecular complexity index is 11.6. The summed E-state index contributed by atoms with van der Waals surface area (Å²) in [6.07, 6.45) is 0. The van der Waals surface area contributed by atoms with Gasteiger partial charge in [0, 0.05) is 1.43 Å². The molecule has 0 amide bonds. The van der Waals surface area contributed by atoms with Crippen LogP contribution in [0, 0.1) is 0 Å². The summed E-state index contributed by atoms with van der Waals surface area (Å²) < 4.78 is 0. The van der Waals surface area contributed by atoms with E-state index in [1.807, 2.05) is 0 Å². The van der Waals surface area contributed by atoms with Gasteiger partial charge in [0.1, 0.15) is 0 Å². The van der Waals surface area contributed by atoms with Crippen LogP contribution in [0.4, 0.5) is 0 Å². The van der Waals surface area contributed by atoms with Gasteiger partial charge in [-0.05, 0) is 0 Å². The van der Waals surface area contributed by atoms with E-state index in [4.69, 9.17) is 33.2 Å². The average molecular weight is 136 g/mol. The summed E-state index contributed by atoms with van der Waals surface area (Å²) in [5.41, 5.74) is 0. The molecule has 0 unspecified atom stereocenters. The Hall–Kier alpha value is 1.09. The highest BCUT2D eigenvalue weighted by atomic mass is 35.8. The molecule has 0 N–H and O–H groups in total. The van der Waals surface area contributed by atoms with E-state index in [0.29, 0.717) is 0 Å². The molecule has 1 radical (unpaired) electrons. The summed E-state index contributed by atoms with van der Waals surface area (Å²) in [5, 5.41) is 0. The molecule has 0 heterocycles. The molecule has 0 spiro atoms. The summed E-state index contributed by atoms with van der Waals surface area (Å²) in [6, 6.07) is 0. The molecule has 27 valence electrons. The van der Waals surface area contributed by atoms with Crippen molar-refractivity contribution in [1.29, 1.82) is 0 Å². The Morgan fingerprint density at radius 3 is 1.25 bits per heavy atom. The van der Waals surface area contributed by atoms with Crippen LogP contribution < -0.4 is 0 Å². The minimum Gasteiger partial charge on any atom is -0.125 e. The summed E-state index contributed by atoms with van der Waals surface area (Å²) >= 11 is 14.7. The van der Waals surface area contributed by atoms with Gasteiger partial charge in [-0.25, -0.2) is 0 Å². The highest BCUT2D eigenvalue weighted by Crippen LogP contribution is 1.97. The first-order valence-electron chi connectivity index (χ1n) is 0.567. The van der Waals surface area contributed by atoms with E-state index in [9.17, 15) is 0 Å². The normalized spacial score (nSPS) is 9.00. The van der Waals surface area contributed by atoms with Crippen LogP contribution in [0.25, 0.3) is 0 Å². The molecule has 0 aromatic rings. The van der Waals surface area contributed by atoms with Crippen LogP contribution in [0.2, 0.25) is 0 Å². The predicted octanol–water partition coefficient (Wildman–Crippen LogP) is 1.93. The van der Waals surface area contributed by atoms with Crippen molar-refractivity contribution in [3.05, 3.63) is 0 Å². The zero-order chi connectivity index (χ0) is 3.58. The van der Waals surface area contributed by atoms with Gasteiger partial charge in [0.15, 0.2) is 0 Å². The largest absolute Gasteiger partial charge is 0.376 e. The van der Waals surface area contributed by atoms with Gasteiger partial charge in [-0.1, -0.05) is 0 Å². The Morgan fingerprint density at radius 1 is 1.25 bits per heavy atom. The molecule has 4 heavy (non-hydrogen) atoms. The van der Waals surface area contributed by atoms with Gasteiger partial charge < -0.3 is 0 Å². The summed E-state index contributed by atoms with van der Waals surface area (Å²) in [7, 11) is 0. The van der Waals surface area contributed by atoms with Gasteiger partial charge in [0.05, 0.1) is 0 Å². The lowest BCUT2D eigenvalue weighted by molar-refractivity contribution is 4.07. The van der Waals surface area contributed by atoms with Crippen molar-refractivity contribution in [2.75, 3.05) is 0 Å². The second-order valence-electron chi connectivity index (χ2n) is 0.214. The van der Waals surface area contributed by atoms with Gasteiger partial charge in [-0.3, -0.25) is 0 Å². The highest BCUT2D eigenvalue weighted by molar-refractivity contribution is 7.54. The van der Waals surface area contributed by atoms with Crippen molar-refractivity contribution in [3.8, 4) is 0 Å².